The number of pyridine rings is 1. The van der Waals surface area contributed by atoms with Crippen LogP contribution in [0.15, 0.2) is 65.7 Å². The van der Waals surface area contributed by atoms with Crippen LogP contribution in [-0.4, -0.2) is 22.7 Å². The summed E-state index contributed by atoms with van der Waals surface area (Å²) in [6.45, 7) is 3.58. The second-order valence-electron chi connectivity index (χ2n) is 6.94. The van der Waals surface area contributed by atoms with Crippen molar-refractivity contribution in [3.8, 4) is 23.1 Å². The average molecular weight is 438 g/mol. The van der Waals surface area contributed by atoms with E-state index in [1.165, 1.54) is 18.9 Å². The van der Waals surface area contributed by atoms with E-state index in [-0.39, 0.29) is 5.91 Å². The van der Waals surface area contributed by atoms with Crippen LogP contribution in [0, 0.1) is 11.3 Å². The minimum atomic E-state index is -0.889. The molecule has 0 atom stereocenters. The minimum Gasteiger partial charge on any atom is -0.495 e. The molecule has 3 aromatic rings. The van der Waals surface area contributed by atoms with Crippen molar-refractivity contribution in [3.05, 3.63) is 71.2 Å². The summed E-state index contributed by atoms with van der Waals surface area (Å²) in [7, 11) is 1.53. The van der Waals surface area contributed by atoms with Crippen molar-refractivity contribution >= 4 is 35.0 Å². The number of aromatic nitrogens is 1. The highest BCUT2D eigenvalue weighted by Gasteiger charge is 2.31. The first-order valence-electron chi connectivity index (χ1n) is 9.14. The lowest BCUT2D eigenvalue weighted by Crippen LogP contribution is -2.34. The monoisotopic (exact) mass is 437 g/mol. The van der Waals surface area contributed by atoms with E-state index in [9.17, 15) is 10.1 Å². The number of rotatable bonds is 6. The largest absolute Gasteiger partial charge is 0.495 e. The Kier molecular flexibility index (Phi) is 6.66. The van der Waals surface area contributed by atoms with Crippen LogP contribution in [0.2, 0.25) is 5.02 Å². The zero-order valence-electron chi connectivity index (χ0n) is 16.8. The van der Waals surface area contributed by atoms with Gasteiger partial charge in [-0.05, 0) is 44.2 Å². The van der Waals surface area contributed by atoms with Gasteiger partial charge in [-0.1, -0.05) is 53.7 Å². The van der Waals surface area contributed by atoms with Crippen molar-refractivity contribution in [2.45, 2.75) is 23.6 Å². The van der Waals surface area contributed by atoms with Gasteiger partial charge < -0.3 is 10.1 Å². The van der Waals surface area contributed by atoms with Crippen molar-refractivity contribution in [3.63, 3.8) is 0 Å². The number of amides is 1. The molecule has 0 aliphatic heterocycles. The first-order valence-corrected chi connectivity index (χ1v) is 10.3. The molecule has 7 heteroatoms. The number of benzene rings is 2. The lowest BCUT2D eigenvalue weighted by molar-refractivity contribution is -0.117. The van der Waals surface area contributed by atoms with E-state index >= 15 is 0 Å². The van der Waals surface area contributed by atoms with Crippen molar-refractivity contribution in [2.24, 2.45) is 0 Å². The van der Waals surface area contributed by atoms with E-state index in [0.717, 1.165) is 11.3 Å². The summed E-state index contributed by atoms with van der Waals surface area (Å²) in [5, 5.41) is 13.3. The highest BCUT2D eigenvalue weighted by Crippen LogP contribution is 2.36. The second kappa shape index (κ2) is 9.21. The van der Waals surface area contributed by atoms with E-state index in [0.29, 0.717) is 27.0 Å². The predicted octanol–water partition coefficient (Wildman–Crippen LogP) is 5.79. The van der Waals surface area contributed by atoms with Gasteiger partial charge in [-0.2, -0.15) is 5.26 Å². The van der Waals surface area contributed by atoms with Crippen LogP contribution in [0.1, 0.15) is 19.4 Å². The Morgan fingerprint density at radius 2 is 1.90 bits per heavy atom. The number of halogens is 1. The number of nitrogens with one attached hydrogen (secondary N) is 1. The maximum Gasteiger partial charge on any atom is 0.240 e. The maximum absolute atomic E-state index is 12.9. The molecule has 2 aromatic carbocycles. The molecule has 152 valence electrons. The molecule has 5 nitrogen and oxygen atoms in total. The number of hydrogen-bond donors (Lipinski definition) is 1. The van der Waals surface area contributed by atoms with E-state index in [1.807, 2.05) is 36.4 Å². The number of ether oxygens (including phenoxy) is 1. The van der Waals surface area contributed by atoms with Crippen molar-refractivity contribution in [2.75, 3.05) is 12.4 Å². The Balaban J connectivity index is 1.84. The van der Waals surface area contributed by atoms with Gasteiger partial charge in [-0.25, -0.2) is 4.98 Å². The molecule has 0 aliphatic carbocycles. The molecule has 0 fully saturated rings. The highest BCUT2D eigenvalue weighted by atomic mass is 35.5. The SMILES string of the molecule is COc1ccc(NC(=O)C(C)(C)Sc2nc(-c3ccccc3)ccc2C#N)cc1Cl. The Labute approximate surface area is 185 Å². The molecular formula is C23H20ClN3O2S. The summed E-state index contributed by atoms with van der Waals surface area (Å²) in [5.41, 5.74) is 2.67. The van der Waals surface area contributed by atoms with Gasteiger partial charge in [0, 0.05) is 11.3 Å². The van der Waals surface area contributed by atoms with Gasteiger partial charge in [0.15, 0.2) is 0 Å². The molecule has 0 bridgehead atoms. The minimum absolute atomic E-state index is 0.232. The van der Waals surface area contributed by atoms with Gasteiger partial charge >= 0.3 is 0 Å². The third-order valence-electron chi connectivity index (χ3n) is 4.36. The van der Waals surface area contributed by atoms with Gasteiger partial charge in [0.1, 0.15) is 16.8 Å². The molecular weight excluding hydrogens is 418 g/mol. The normalized spacial score (nSPS) is 10.9. The van der Waals surface area contributed by atoms with Gasteiger partial charge in [-0.3, -0.25) is 4.79 Å². The van der Waals surface area contributed by atoms with E-state index in [2.05, 4.69) is 16.4 Å². The number of anilines is 1. The second-order valence-corrected chi connectivity index (χ2v) is 8.96. The van der Waals surface area contributed by atoms with E-state index in [1.54, 1.807) is 38.1 Å². The fourth-order valence-electron chi connectivity index (χ4n) is 2.69. The Morgan fingerprint density at radius 1 is 1.17 bits per heavy atom. The molecule has 30 heavy (non-hydrogen) atoms. The average Bonchev–Trinajstić information content (AvgIpc) is 2.74. The zero-order chi connectivity index (χ0) is 21.7. The molecule has 1 heterocycles. The summed E-state index contributed by atoms with van der Waals surface area (Å²) in [4.78, 5) is 17.6. The van der Waals surface area contributed by atoms with Gasteiger partial charge in [0.25, 0.3) is 0 Å². The first-order chi connectivity index (χ1) is 14.3. The number of thioether (sulfide) groups is 1. The number of methoxy groups -OCH3 is 1. The van der Waals surface area contributed by atoms with Crippen LogP contribution < -0.4 is 10.1 Å². The Bertz CT molecular complexity index is 1110. The lowest BCUT2D eigenvalue weighted by atomic mass is 10.1. The number of carbonyl (C=O) groups excluding carboxylic acids is 1. The number of carbonyl (C=O) groups is 1. The molecule has 1 N–H and O–H groups in total. The van der Waals surface area contributed by atoms with Crippen molar-refractivity contribution in [1.82, 2.24) is 4.98 Å². The molecule has 0 saturated carbocycles. The molecule has 0 radical (unpaired) electrons. The summed E-state index contributed by atoms with van der Waals surface area (Å²) in [6, 6.07) is 20.4. The fourth-order valence-corrected chi connectivity index (χ4v) is 3.94. The summed E-state index contributed by atoms with van der Waals surface area (Å²) < 4.78 is 4.25. The standard InChI is InChI=1S/C23H20ClN3O2S/c1-23(2,22(28)26-17-10-12-20(29-3)18(24)13-17)30-21-16(14-25)9-11-19(27-21)15-7-5-4-6-8-15/h4-13H,1-3H3,(H,26,28). The molecule has 0 unspecified atom stereocenters. The van der Waals surface area contributed by atoms with Crippen LogP contribution in [0.4, 0.5) is 5.69 Å². The van der Waals surface area contributed by atoms with Crippen LogP contribution in [-0.2, 0) is 4.79 Å². The third-order valence-corrected chi connectivity index (χ3v) is 5.85. The maximum atomic E-state index is 12.9. The van der Waals surface area contributed by atoms with Crippen LogP contribution >= 0.6 is 23.4 Å². The molecule has 0 aliphatic rings. The highest BCUT2D eigenvalue weighted by molar-refractivity contribution is 8.01. The third kappa shape index (κ3) is 4.93. The van der Waals surface area contributed by atoms with Crippen molar-refractivity contribution in [1.29, 1.82) is 5.26 Å². The number of nitriles is 1. The molecule has 0 saturated heterocycles. The van der Waals surface area contributed by atoms with Gasteiger partial charge in [0.2, 0.25) is 5.91 Å². The summed E-state index contributed by atoms with van der Waals surface area (Å²) in [5.74, 6) is 0.299. The topological polar surface area (TPSA) is 75.0 Å². The lowest BCUT2D eigenvalue weighted by Gasteiger charge is -2.23. The van der Waals surface area contributed by atoms with Crippen LogP contribution in [0.5, 0.6) is 5.75 Å². The number of hydrogen-bond acceptors (Lipinski definition) is 5. The summed E-state index contributed by atoms with van der Waals surface area (Å²) >= 11 is 7.39. The Morgan fingerprint density at radius 3 is 2.53 bits per heavy atom. The molecule has 1 amide bonds. The van der Waals surface area contributed by atoms with Gasteiger partial charge in [0.05, 0.1) is 28.1 Å². The molecule has 3 rings (SSSR count). The quantitative estimate of drug-likeness (QED) is 0.494. The fraction of sp³-hybridized carbons (Fsp3) is 0.174. The first kappa shape index (κ1) is 21.7. The zero-order valence-corrected chi connectivity index (χ0v) is 18.3. The molecule has 1 aromatic heterocycles. The number of nitrogens with zero attached hydrogens (tertiary/aromatic N) is 2. The van der Waals surface area contributed by atoms with E-state index < -0.39 is 4.75 Å². The predicted molar refractivity (Wildman–Crippen MR) is 121 cm³/mol. The van der Waals surface area contributed by atoms with Crippen LogP contribution in [0.3, 0.4) is 0 Å². The van der Waals surface area contributed by atoms with Crippen LogP contribution in [0.25, 0.3) is 11.3 Å². The van der Waals surface area contributed by atoms with E-state index in [4.69, 9.17) is 16.3 Å². The Hall–Kier alpha value is -3.01. The summed E-state index contributed by atoms with van der Waals surface area (Å²) in [6.07, 6.45) is 0. The smallest absolute Gasteiger partial charge is 0.240 e. The van der Waals surface area contributed by atoms with Crippen molar-refractivity contribution < 1.29 is 9.53 Å². The van der Waals surface area contributed by atoms with Gasteiger partial charge in [-0.15, -0.1) is 0 Å². The molecule has 0 spiro atoms.